The van der Waals surface area contributed by atoms with Crippen LogP contribution in [0, 0.1) is 0 Å². The van der Waals surface area contributed by atoms with Crippen molar-refractivity contribution in [3.8, 4) is 0 Å². The zero-order valence-corrected chi connectivity index (χ0v) is 15.4. The molecule has 0 spiro atoms. The fourth-order valence-corrected chi connectivity index (χ4v) is 3.58. The van der Waals surface area contributed by atoms with E-state index in [1.54, 1.807) is 17.8 Å². The van der Waals surface area contributed by atoms with E-state index in [4.69, 9.17) is 4.74 Å². The molecule has 132 valence electrons. The van der Waals surface area contributed by atoms with Gasteiger partial charge in [-0.15, -0.1) is 11.8 Å². The molecule has 2 N–H and O–H groups in total. The molecular weight excluding hydrogens is 324 g/mol. The lowest BCUT2D eigenvalue weighted by Gasteiger charge is -2.20. The van der Waals surface area contributed by atoms with E-state index >= 15 is 0 Å². The van der Waals surface area contributed by atoms with E-state index in [-0.39, 0.29) is 30.0 Å². The maximum Gasteiger partial charge on any atom is 0.252 e. The fraction of sp³-hybridized carbons (Fsp3) is 0.556. The summed E-state index contributed by atoms with van der Waals surface area (Å²) in [6.07, 6.45) is 2.45. The van der Waals surface area contributed by atoms with Gasteiger partial charge in [0.15, 0.2) is 0 Å². The Morgan fingerprint density at radius 2 is 2.04 bits per heavy atom. The molecule has 5 nitrogen and oxygen atoms in total. The number of amides is 2. The highest BCUT2D eigenvalue weighted by atomic mass is 32.2. The minimum atomic E-state index is -0.309. The summed E-state index contributed by atoms with van der Waals surface area (Å²) in [4.78, 5) is 25.1. The van der Waals surface area contributed by atoms with Crippen LogP contribution in [0.3, 0.4) is 0 Å². The number of ether oxygens (including phenoxy) is 1. The minimum Gasteiger partial charge on any atom is -0.377 e. The highest BCUT2D eigenvalue weighted by Crippen LogP contribution is 2.26. The van der Waals surface area contributed by atoms with Crippen LogP contribution in [0.25, 0.3) is 0 Å². The molecule has 0 aliphatic carbocycles. The molecule has 6 heteroatoms. The summed E-state index contributed by atoms with van der Waals surface area (Å²) in [7, 11) is 0. The van der Waals surface area contributed by atoms with Crippen molar-refractivity contribution in [2.24, 2.45) is 0 Å². The molecule has 1 fully saturated rings. The number of hydrogen-bond acceptors (Lipinski definition) is 4. The van der Waals surface area contributed by atoms with Crippen molar-refractivity contribution in [3.05, 3.63) is 29.8 Å². The Labute approximate surface area is 147 Å². The van der Waals surface area contributed by atoms with E-state index in [9.17, 15) is 9.59 Å². The number of thioether (sulfide) groups is 1. The molecule has 2 rings (SSSR count). The first-order valence-electron chi connectivity index (χ1n) is 8.28. The monoisotopic (exact) mass is 350 g/mol. The lowest BCUT2D eigenvalue weighted by molar-refractivity contribution is -0.121. The van der Waals surface area contributed by atoms with Crippen LogP contribution < -0.4 is 10.6 Å². The smallest absolute Gasteiger partial charge is 0.252 e. The summed E-state index contributed by atoms with van der Waals surface area (Å²) in [6, 6.07) is 7.47. The van der Waals surface area contributed by atoms with Gasteiger partial charge in [-0.05, 0) is 45.7 Å². The standard InChI is InChI=1S/C18H26N2O3S/c1-18(2,3)20-16(21)11-19-17(22)14-8-4-5-9-15(14)24-12-13-7-6-10-23-13/h4-5,8-9,13H,6-7,10-12H2,1-3H3,(H,19,22)(H,20,21). The van der Waals surface area contributed by atoms with E-state index in [2.05, 4.69) is 10.6 Å². The fourth-order valence-electron chi connectivity index (χ4n) is 2.46. The number of carbonyl (C=O) groups is 2. The molecule has 1 aromatic carbocycles. The number of rotatable bonds is 6. The number of carbonyl (C=O) groups excluding carboxylic acids is 2. The van der Waals surface area contributed by atoms with Crippen LogP contribution in [0.15, 0.2) is 29.2 Å². The Balaban J connectivity index is 1.90. The van der Waals surface area contributed by atoms with Crippen molar-refractivity contribution >= 4 is 23.6 Å². The van der Waals surface area contributed by atoms with Gasteiger partial charge in [0.2, 0.25) is 5.91 Å². The van der Waals surface area contributed by atoms with Gasteiger partial charge in [-0.3, -0.25) is 9.59 Å². The van der Waals surface area contributed by atoms with Gasteiger partial charge in [-0.2, -0.15) is 0 Å². The highest BCUT2D eigenvalue weighted by Gasteiger charge is 2.19. The number of nitrogens with one attached hydrogen (secondary N) is 2. The predicted molar refractivity (Wildman–Crippen MR) is 96.4 cm³/mol. The van der Waals surface area contributed by atoms with Crippen molar-refractivity contribution in [2.45, 2.75) is 50.2 Å². The van der Waals surface area contributed by atoms with Crippen molar-refractivity contribution in [1.29, 1.82) is 0 Å². The third-order valence-electron chi connectivity index (χ3n) is 3.50. The first-order valence-corrected chi connectivity index (χ1v) is 9.26. The maximum absolute atomic E-state index is 12.4. The molecule has 0 saturated carbocycles. The van der Waals surface area contributed by atoms with E-state index in [0.717, 1.165) is 30.1 Å². The molecular formula is C18H26N2O3S. The molecule has 0 aromatic heterocycles. The SMILES string of the molecule is CC(C)(C)NC(=O)CNC(=O)c1ccccc1SCC1CCCO1. The summed E-state index contributed by atoms with van der Waals surface area (Å²) in [5.74, 6) is 0.421. The molecule has 1 saturated heterocycles. The Morgan fingerprint density at radius 1 is 1.29 bits per heavy atom. The molecule has 1 atom stereocenters. The van der Waals surface area contributed by atoms with Crippen LogP contribution in [0.5, 0.6) is 0 Å². The van der Waals surface area contributed by atoms with E-state index in [0.29, 0.717) is 5.56 Å². The van der Waals surface area contributed by atoms with Crippen LogP contribution >= 0.6 is 11.8 Å². The van der Waals surface area contributed by atoms with Crippen molar-refractivity contribution in [3.63, 3.8) is 0 Å². The number of benzene rings is 1. The van der Waals surface area contributed by atoms with Gasteiger partial charge in [0.1, 0.15) is 0 Å². The third kappa shape index (κ3) is 6.17. The Kier molecular flexibility index (Phi) is 6.69. The van der Waals surface area contributed by atoms with Gasteiger partial charge in [0.05, 0.1) is 18.2 Å². The Bertz CT molecular complexity index is 578. The topological polar surface area (TPSA) is 67.4 Å². The normalized spacial score (nSPS) is 17.5. The lowest BCUT2D eigenvalue weighted by Crippen LogP contribution is -2.45. The van der Waals surface area contributed by atoms with E-state index in [1.165, 1.54) is 0 Å². The highest BCUT2D eigenvalue weighted by molar-refractivity contribution is 7.99. The zero-order chi connectivity index (χ0) is 17.6. The third-order valence-corrected chi connectivity index (χ3v) is 4.71. The number of hydrogen-bond donors (Lipinski definition) is 2. The largest absolute Gasteiger partial charge is 0.377 e. The Hall–Kier alpha value is -1.53. The molecule has 0 bridgehead atoms. The van der Waals surface area contributed by atoms with Gasteiger partial charge in [-0.25, -0.2) is 0 Å². The van der Waals surface area contributed by atoms with Crippen LogP contribution in [-0.2, 0) is 9.53 Å². The molecule has 24 heavy (non-hydrogen) atoms. The summed E-state index contributed by atoms with van der Waals surface area (Å²) in [5.41, 5.74) is 0.292. The molecule has 1 aliphatic rings. The Morgan fingerprint density at radius 3 is 2.71 bits per heavy atom. The van der Waals surface area contributed by atoms with Gasteiger partial charge >= 0.3 is 0 Å². The second-order valence-electron chi connectivity index (χ2n) is 6.92. The quantitative estimate of drug-likeness (QED) is 0.774. The summed E-state index contributed by atoms with van der Waals surface area (Å²) in [6.45, 7) is 6.52. The van der Waals surface area contributed by atoms with Crippen LogP contribution in [-0.4, -0.2) is 42.4 Å². The first kappa shape index (κ1) is 18.8. The molecule has 2 amide bonds. The first-order chi connectivity index (χ1) is 11.3. The molecule has 1 aromatic rings. The van der Waals surface area contributed by atoms with Crippen LogP contribution in [0.4, 0.5) is 0 Å². The minimum absolute atomic E-state index is 0.0269. The zero-order valence-electron chi connectivity index (χ0n) is 14.6. The molecule has 1 aliphatic heterocycles. The second-order valence-corrected chi connectivity index (χ2v) is 7.98. The molecule has 1 unspecified atom stereocenters. The lowest BCUT2D eigenvalue weighted by atomic mass is 10.1. The average Bonchev–Trinajstić information content (AvgIpc) is 3.02. The molecule has 0 radical (unpaired) electrons. The summed E-state index contributed by atoms with van der Waals surface area (Å²) < 4.78 is 5.63. The van der Waals surface area contributed by atoms with Gasteiger partial charge in [-0.1, -0.05) is 12.1 Å². The van der Waals surface area contributed by atoms with Crippen molar-refractivity contribution < 1.29 is 14.3 Å². The van der Waals surface area contributed by atoms with Gasteiger partial charge < -0.3 is 15.4 Å². The van der Waals surface area contributed by atoms with Crippen LogP contribution in [0.1, 0.15) is 44.0 Å². The summed E-state index contributed by atoms with van der Waals surface area (Å²) >= 11 is 1.63. The van der Waals surface area contributed by atoms with Crippen molar-refractivity contribution in [1.82, 2.24) is 10.6 Å². The van der Waals surface area contributed by atoms with Gasteiger partial charge in [0, 0.05) is 22.8 Å². The van der Waals surface area contributed by atoms with E-state index in [1.807, 2.05) is 39.0 Å². The maximum atomic E-state index is 12.4. The van der Waals surface area contributed by atoms with Crippen molar-refractivity contribution in [2.75, 3.05) is 18.9 Å². The second kappa shape index (κ2) is 8.53. The summed E-state index contributed by atoms with van der Waals surface area (Å²) in [5, 5.41) is 5.52. The molecule has 1 heterocycles. The van der Waals surface area contributed by atoms with Gasteiger partial charge in [0.25, 0.3) is 5.91 Å². The predicted octanol–water partition coefficient (Wildman–Crippen LogP) is 2.60. The van der Waals surface area contributed by atoms with Crippen LogP contribution in [0.2, 0.25) is 0 Å². The van der Waals surface area contributed by atoms with E-state index < -0.39 is 0 Å². The average molecular weight is 350 g/mol.